The molecule has 0 aromatic carbocycles. The van der Waals surface area contributed by atoms with Crippen molar-refractivity contribution in [1.82, 2.24) is 19.4 Å². The Kier molecular flexibility index (Phi) is 8.80. The molecule has 10 nitrogen and oxygen atoms in total. The molecule has 4 N–H and O–H groups in total. The highest BCUT2D eigenvalue weighted by molar-refractivity contribution is 7.88. The second-order valence-electron chi connectivity index (χ2n) is 6.88. The molecular weight excluding hydrogens is 431 g/mol. The first-order valence-corrected chi connectivity index (χ1v) is 10.9. The fourth-order valence-corrected chi connectivity index (χ4v) is 3.26. The van der Waals surface area contributed by atoms with E-state index in [-0.39, 0.29) is 11.8 Å². The molecule has 172 valence electrons. The molecule has 2 rings (SSSR count). The molecule has 14 heteroatoms. The number of nitrogens with zero attached hydrogens (tertiary/aromatic N) is 3. The number of carbonyl (C=O) groups is 2. The Bertz CT molecular complexity index is 856. The summed E-state index contributed by atoms with van der Waals surface area (Å²) in [6.07, 6.45) is -3.04. The number of alkyl halides is 3. The van der Waals surface area contributed by atoms with Crippen molar-refractivity contribution in [3.63, 3.8) is 0 Å². The lowest BCUT2D eigenvalue weighted by Crippen LogP contribution is -2.44. The number of carboxylic acids is 1. The molecule has 0 saturated carbocycles. The maximum absolute atomic E-state index is 12.0. The Balaban J connectivity index is 0.000000553. The van der Waals surface area contributed by atoms with E-state index < -0.39 is 28.2 Å². The molecule has 2 atom stereocenters. The van der Waals surface area contributed by atoms with Crippen LogP contribution in [0.5, 0.6) is 0 Å². The number of halogens is 3. The van der Waals surface area contributed by atoms with Gasteiger partial charge in [0.2, 0.25) is 15.9 Å². The monoisotopic (exact) mass is 457 g/mol. The van der Waals surface area contributed by atoms with Gasteiger partial charge in [0.1, 0.15) is 0 Å². The zero-order valence-corrected chi connectivity index (χ0v) is 17.6. The number of nitrogens with two attached hydrogens (primary N) is 1. The summed E-state index contributed by atoms with van der Waals surface area (Å²) in [7, 11) is -3.20. The van der Waals surface area contributed by atoms with E-state index in [1.165, 1.54) is 10.6 Å². The highest BCUT2D eigenvalue weighted by Gasteiger charge is 2.38. The third-order valence-electron chi connectivity index (χ3n) is 4.53. The van der Waals surface area contributed by atoms with Crippen LogP contribution in [0, 0.1) is 5.92 Å². The summed E-state index contributed by atoms with van der Waals surface area (Å²) in [5.41, 5.74) is 7.43. The summed E-state index contributed by atoms with van der Waals surface area (Å²) in [6.45, 7) is 5.48. The van der Waals surface area contributed by atoms with Crippen molar-refractivity contribution in [3.05, 3.63) is 17.5 Å². The fraction of sp³-hybridized carbons (Fsp3) is 0.688. The largest absolute Gasteiger partial charge is 0.490 e. The van der Waals surface area contributed by atoms with Crippen molar-refractivity contribution in [2.75, 3.05) is 12.8 Å². The number of hydrogen-bond donors (Lipinski definition) is 3. The summed E-state index contributed by atoms with van der Waals surface area (Å²) in [5, 5.41) is 14.3. The molecule has 0 bridgehead atoms. The van der Waals surface area contributed by atoms with E-state index in [1.807, 2.05) is 19.9 Å². The molecule has 0 unspecified atom stereocenters. The van der Waals surface area contributed by atoms with Gasteiger partial charge >= 0.3 is 12.1 Å². The topological polar surface area (TPSA) is 148 Å². The Hall–Kier alpha value is -2.19. The first kappa shape index (κ1) is 25.8. The maximum Gasteiger partial charge on any atom is 0.490 e. The predicted molar refractivity (Wildman–Crippen MR) is 100 cm³/mol. The molecule has 1 amide bonds. The van der Waals surface area contributed by atoms with Crippen LogP contribution >= 0.6 is 0 Å². The van der Waals surface area contributed by atoms with Crippen LogP contribution in [0.25, 0.3) is 0 Å². The molecule has 0 fully saturated rings. The van der Waals surface area contributed by atoms with Crippen LogP contribution in [0.4, 0.5) is 13.2 Å². The second-order valence-corrected chi connectivity index (χ2v) is 8.86. The van der Waals surface area contributed by atoms with Gasteiger partial charge in [0.15, 0.2) is 0 Å². The van der Waals surface area contributed by atoms with Crippen LogP contribution in [-0.4, -0.2) is 64.5 Å². The van der Waals surface area contributed by atoms with Crippen LogP contribution in [0.15, 0.2) is 6.07 Å². The van der Waals surface area contributed by atoms with Crippen molar-refractivity contribution in [3.8, 4) is 0 Å². The molecule has 1 aliphatic heterocycles. The van der Waals surface area contributed by atoms with E-state index in [4.69, 9.17) is 15.6 Å². The summed E-state index contributed by atoms with van der Waals surface area (Å²) in [6, 6.07) is 1.30. The summed E-state index contributed by atoms with van der Waals surface area (Å²) in [5.74, 6) is -2.83. The fourth-order valence-electron chi connectivity index (χ4n) is 2.48. The van der Waals surface area contributed by atoms with Crippen molar-refractivity contribution in [1.29, 1.82) is 0 Å². The average molecular weight is 457 g/mol. The molecule has 30 heavy (non-hydrogen) atoms. The quantitative estimate of drug-likeness (QED) is 0.556. The molecule has 1 aromatic heterocycles. The van der Waals surface area contributed by atoms with E-state index in [0.717, 1.165) is 12.1 Å². The van der Waals surface area contributed by atoms with Crippen LogP contribution in [0.2, 0.25) is 0 Å². The number of carbonyl (C=O) groups excluding carboxylic acids is 1. The number of carboxylic acid groups (broad SMARTS) is 1. The Morgan fingerprint density at radius 3 is 2.40 bits per heavy atom. The van der Waals surface area contributed by atoms with Gasteiger partial charge in [-0.05, 0) is 12.0 Å². The highest BCUT2D eigenvalue weighted by atomic mass is 32.2. The number of hydrogen-bond acceptors (Lipinski definition) is 6. The minimum absolute atomic E-state index is 0.119. The zero-order valence-electron chi connectivity index (χ0n) is 16.8. The summed E-state index contributed by atoms with van der Waals surface area (Å²) in [4.78, 5) is 20.9. The van der Waals surface area contributed by atoms with Gasteiger partial charge in [-0.15, -0.1) is 0 Å². The van der Waals surface area contributed by atoms with Gasteiger partial charge in [-0.3, -0.25) is 9.48 Å². The van der Waals surface area contributed by atoms with Gasteiger partial charge in [0.25, 0.3) is 0 Å². The van der Waals surface area contributed by atoms with E-state index >= 15 is 0 Å². The second kappa shape index (κ2) is 10.2. The lowest BCUT2D eigenvalue weighted by molar-refractivity contribution is -0.192. The first-order chi connectivity index (χ1) is 13.7. The normalized spacial score (nSPS) is 16.6. The van der Waals surface area contributed by atoms with E-state index in [9.17, 15) is 26.4 Å². The first-order valence-electron chi connectivity index (χ1n) is 9.00. The lowest BCUT2D eigenvalue weighted by Gasteiger charge is -2.25. The number of fused-ring (bicyclic) bond motifs is 1. The molecule has 0 radical (unpaired) electrons. The number of aromatic nitrogens is 2. The molecule has 0 aliphatic carbocycles. The van der Waals surface area contributed by atoms with Crippen molar-refractivity contribution < 1.29 is 36.3 Å². The highest BCUT2D eigenvalue weighted by Crippen LogP contribution is 2.16. The Morgan fingerprint density at radius 1 is 1.37 bits per heavy atom. The van der Waals surface area contributed by atoms with E-state index in [2.05, 4.69) is 10.4 Å². The number of amides is 1. The molecule has 0 spiro atoms. The number of sulfonamides is 1. The molecule has 1 aliphatic rings. The standard InChI is InChI=1S/C14H25N5O3S.C2HF3O2/c1-4-10(2)13(15)14(20)16-8-11-7-12-9-18(23(3,21)22)5-6-19(12)17-11;3-2(4,5)1(6)7/h7,10,13H,4-6,8-9,15H2,1-3H3,(H,16,20);(H,6,7)/t10-,13-;/m0./s1. The van der Waals surface area contributed by atoms with Crippen molar-refractivity contribution >= 4 is 21.9 Å². The smallest absolute Gasteiger partial charge is 0.475 e. The van der Waals surface area contributed by atoms with Crippen LogP contribution in [-0.2, 0) is 39.2 Å². The molecular formula is C16H26F3N5O5S. The summed E-state index contributed by atoms with van der Waals surface area (Å²) < 4.78 is 58.2. The predicted octanol–water partition coefficient (Wildman–Crippen LogP) is 0.281. The SMILES string of the molecule is CC[C@H](C)[C@H](N)C(=O)NCc1cc2n(n1)CCN(S(C)(=O)=O)C2.O=C(O)C(F)(F)F. The van der Waals surface area contributed by atoms with Gasteiger partial charge in [0, 0.05) is 6.54 Å². The van der Waals surface area contributed by atoms with Gasteiger partial charge < -0.3 is 16.2 Å². The zero-order chi connectivity index (χ0) is 23.3. The third-order valence-corrected chi connectivity index (χ3v) is 5.78. The number of rotatable bonds is 6. The van der Waals surface area contributed by atoms with Crippen molar-refractivity contribution in [2.24, 2.45) is 11.7 Å². The van der Waals surface area contributed by atoms with E-state index in [0.29, 0.717) is 31.9 Å². The Morgan fingerprint density at radius 2 is 1.93 bits per heavy atom. The lowest BCUT2D eigenvalue weighted by atomic mass is 9.99. The van der Waals surface area contributed by atoms with E-state index in [1.54, 1.807) is 4.68 Å². The van der Waals surface area contributed by atoms with Gasteiger partial charge in [0.05, 0.1) is 43.3 Å². The molecule has 0 saturated heterocycles. The van der Waals surface area contributed by atoms with Gasteiger partial charge in [-0.1, -0.05) is 20.3 Å². The molecule has 2 heterocycles. The Labute approximate surface area is 172 Å². The number of aliphatic carboxylic acids is 1. The minimum Gasteiger partial charge on any atom is -0.475 e. The maximum atomic E-state index is 12.0. The molecule has 1 aromatic rings. The van der Waals surface area contributed by atoms with Crippen molar-refractivity contribution in [2.45, 2.75) is 52.1 Å². The van der Waals surface area contributed by atoms with Crippen LogP contribution in [0.1, 0.15) is 31.7 Å². The van der Waals surface area contributed by atoms with Gasteiger partial charge in [-0.2, -0.15) is 22.6 Å². The number of nitrogens with one attached hydrogen (secondary N) is 1. The summed E-state index contributed by atoms with van der Waals surface area (Å²) >= 11 is 0. The van der Waals surface area contributed by atoms with Crippen LogP contribution < -0.4 is 11.1 Å². The van der Waals surface area contributed by atoms with Gasteiger partial charge in [-0.25, -0.2) is 13.2 Å². The third kappa shape index (κ3) is 7.57. The van der Waals surface area contributed by atoms with Crippen LogP contribution in [0.3, 0.4) is 0 Å². The average Bonchev–Trinajstić information content (AvgIpc) is 3.05. The minimum atomic E-state index is -5.08.